The van der Waals surface area contributed by atoms with Crippen molar-refractivity contribution in [2.75, 3.05) is 5.32 Å². The third kappa shape index (κ3) is 3.11. The molecule has 7 nitrogen and oxygen atoms in total. The number of hydrogen-bond donors (Lipinski definition) is 1. The van der Waals surface area contributed by atoms with Crippen LogP contribution in [0.4, 0.5) is 11.6 Å². The van der Waals surface area contributed by atoms with E-state index in [0.29, 0.717) is 5.95 Å². The van der Waals surface area contributed by atoms with E-state index in [1.807, 2.05) is 23.6 Å². The van der Waals surface area contributed by atoms with Crippen LogP contribution in [0.1, 0.15) is 18.0 Å². The topological polar surface area (TPSA) is 77.6 Å². The zero-order chi connectivity index (χ0) is 21.0. The van der Waals surface area contributed by atoms with Crippen LogP contribution in [0.2, 0.25) is 25.2 Å². The average Bonchev–Trinajstić information content (AvgIpc) is 3.18. The Balaban J connectivity index is 1.58. The molecule has 1 N–H and O–H groups in total. The molecule has 0 amide bonds. The molecule has 1 aromatic carbocycles. The van der Waals surface area contributed by atoms with Crippen LogP contribution in [0.3, 0.4) is 0 Å². The van der Waals surface area contributed by atoms with E-state index in [2.05, 4.69) is 40.5 Å². The second kappa shape index (κ2) is 6.77. The number of pyridine rings is 1. The number of aromatic nitrogens is 5. The summed E-state index contributed by atoms with van der Waals surface area (Å²) >= 11 is 0. The van der Waals surface area contributed by atoms with Crippen LogP contribution < -0.4 is 11.0 Å². The normalized spacial score (nSPS) is 18.3. The van der Waals surface area contributed by atoms with Gasteiger partial charge in [-0.2, -0.15) is 4.98 Å². The van der Waals surface area contributed by atoms with Crippen molar-refractivity contribution in [2.24, 2.45) is 7.05 Å². The van der Waals surface area contributed by atoms with E-state index in [1.165, 1.54) is 6.04 Å². The van der Waals surface area contributed by atoms with Gasteiger partial charge >= 0.3 is 5.69 Å². The monoisotopic (exact) mass is 418 g/mol. The predicted octanol–water partition coefficient (Wildman–Crippen LogP) is 4.38. The van der Waals surface area contributed by atoms with Gasteiger partial charge in [0.05, 0.1) is 11.7 Å². The number of nitrogens with zero attached hydrogens (tertiary/aromatic N) is 5. The molecule has 8 heteroatoms. The zero-order valence-corrected chi connectivity index (χ0v) is 18.8. The number of fused-ring (bicyclic) bond motifs is 2. The number of rotatable bonds is 3. The second-order valence-corrected chi connectivity index (χ2v) is 14.4. The molecular formula is C22H26N6OSi. The fraction of sp³-hybridized carbons (Fsp3) is 0.364. The van der Waals surface area contributed by atoms with E-state index in [-0.39, 0.29) is 11.7 Å². The highest BCUT2D eigenvalue weighted by molar-refractivity contribution is 6.78. The number of nitrogens with one attached hydrogen (secondary N) is 1. The molecule has 1 atom stereocenters. The molecule has 0 aliphatic carbocycles. The predicted molar refractivity (Wildman–Crippen MR) is 123 cm³/mol. The first-order chi connectivity index (χ1) is 14.3. The summed E-state index contributed by atoms with van der Waals surface area (Å²) < 4.78 is 3.57. The molecule has 30 heavy (non-hydrogen) atoms. The van der Waals surface area contributed by atoms with Gasteiger partial charge < -0.3 is 5.32 Å². The summed E-state index contributed by atoms with van der Waals surface area (Å²) in [5, 5.41) is 4.41. The number of anilines is 2. The highest BCUT2D eigenvalue weighted by Crippen LogP contribution is 2.38. The molecule has 3 aromatic heterocycles. The first kappa shape index (κ1) is 19.0. The summed E-state index contributed by atoms with van der Waals surface area (Å²) in [6.07, 6.45) is 4.60. The Bertz CT molecular complexity index is 1340. The van der Waals surface area contributed by atoms with Crippen molar-refractivity contribution < 1.29 is 0 Å². The van der Waals surface area contributed by atoms with Gasteiger partial charge in [-0.15, -0.1) is 0 Å². The van der Waals surface area contributed by atoms with E-state index in [0.717, 1.165) is 45.8 Å². The van der Waals surface area contributed by atoms with E-state index in [4.69, 9.17) is 4.98 Å². The third-order valence-corrected chi connectivity index (χ3v) is 9.55. The minimum atomic E-state index is -1.23. The Morgan fingerprint density at radius 1 is 1.23 bits per heavy atom. The molecule has 154 valence electrons. The van der Waals surface area contributed by atoms with Gasteiger partial charge in [-0.05, 0) is 43.2 Å². The molecule has 0 spiro atoms. The van der Waals surface area contributed by atoms with Gasteiger partial charge in [0.15, 0.2) is 5.65 Å². The summed E-state index contributed by atoms with van der Waals surface area (Å²) in [5.74, 6) is 0.502. The Kier molecular flexibility index (Phi) is 4.28. The molecule has 0 saturated carbocycles. The van der Waals surface area contributed by atoms with Gasteiger partial charge in [-0.3, -0.25) is 14.1 Å². The number of benzene rings is 1. The van der Waals surface area contributed by atoms with Gasteiger partial charge in [0.1, 0.15) is 5.52 Å². The highest BCUT2D eigenvalue weighted by atomic mass is 28.3. The van der Waals surface area contributed by atoms with E-state index in [9.17, 15) is 4.79 Å². The Labute approximate surface area is 175 Å². The number of hydrogen-bond acceptors (Lipinski definition) is 5. The summed E-state index contributed by atoms with van der Waals surface area (Å²) in [5.41, 5.74) is 4.46. The van der Waals surface area contributed by atoms with Gasteiger partial charge in [-0.1, -0.05) is 25.2 Å². The molecule has 1 aliphatic rings. The lowest BCUT2D eigenvalue weighted by Crippen LogP contribution is -2.27. The SMILES string of the molecule is Cc1cc2ncccc2cc1Nc1ncc2c(n1)n(C1CC[Si](C)(C)C1)c(=O)n2C. The van der Waals surface area contributed by atoms with Crippen molar-refractivity contribution in [1.29, 1.82) is 0 Å². The first-order valence-corrected chi connectivity index (χ1v) is 13.8. The van der Waals surface area contributed by atoms with Crippen LogP contribution in [-0.2, 0) is 7.05 Å². The molecule has 4 aromatic rings. The van der Waals surface area contributed by atoms with Crippen LogP contribution in [0.25, 0.3) is 22.1 Å². The summed E-state index contributed by atoms with van der Waals surface area (Å²) in [6, 6.07) is 10.7. The smallest absolute Gasteiger partial charge is 0.324 e. The summed E-state index contributed by atoms with van der Waals surface area (Å²) in [6.45, 7) is 6.85. The maximum atomic E-state index is 13.0. The van der Waals surface area contributed by atoms with Gasteiger partial charge in [0, 0.05) is 38.4 Å². The van der Waals surface area contributed by atoms with E-state index in [1.54, 1.807) is 24.0 Å². The van der Waals surface area contributed by atoms with Crippen LogP contribution in [0.15, 0.2) is 41.5 Å². The molecule has 1 unspecified atom stereocenters. The van der Waals surface area contributed by atoms with Crippen molar-refractivity contribution in [3.63, 3.8) is 0 Å². The van der Waals surface area contributed by atoms with Gasteiger partial charge in [0.2, 0.25) is 5.95 Å². The molecule has 0 radical (unpaired) electrons. The molecular weight excluding hydrogens is 392 g/mol. The van der Waals surface area contributed by atoms with Crippen molar-refractivity contribution >= 4 is 41.8 Å². The molecule has 1 aliphatic heterocycles. The van der Waals surface area contributed by atoms with E-state index < -0.39 is 8.07 Å². The lowest BCUT2D eigenvalue weighted by Gasteiger charge is -2.16. The van der Waals surface area contributed by atoms with Crippen LogP contribution in [0, 0.1) is 6.92 Å². The van der Waals surface area contributed by atoms with Crippen LogP contribution >= 0.6 is 0 Å². The largest absolute Gasteiger partial charge is 0.330 e. The summed E-state index contributed by atoms with van der Waals surface area (Å²) in [4.78, 5) is 26.7. The molecule has 1 fully saturated rings. The van der Waals surface area contributed by atoms with Gasteiger partial charge in [0.25, 0.3) is 0 Å². The minimum absolute atomic E-state index is 0.00103. The number of aryl methyl sites for hydroxylation is 2. The molecule has 5 rings (SSSR count). The Morgan fingerprint density at radius 2 is 2.07 bits per heavy atom. The van der Waals surface area contributed by atoms with Crippen molar-refractivity contribution in [3.05, 3.63) is 52.7 Å². The Morgan fingerprint density at radius 3 is 2.83 bits per heavy atom. The zero-order valence-electron chi connectivity index (χ0n) is 17.8. The third-order valence-electron chi connectivity index (χ3n) is 6.34. The maximum absolute atomic E-state index is 13.0. The average molecular weight is 419 g/mol. The fourth-order valence-electron chi connectivity index (χ4n) is 4.62. The van der Waals surface area contributed by atoms with Crippen LogP contribution in [-0.4, -0.2) is 32.2 Å². The fourth-order valence-corrected chi connectivity index (χ4v) is 7.61. The lowest BCUT2D eigenvalue weighted by atomic mass is 10.1. The lowest BCUT2D eigenvalue weighted by molar-refractivity contribution is 0.537. The maximum Gasteiger partial charge on any atom is 0.330 e. The second-order valence-electron chi connectivity index (χ2n) is 9.16. The molecule has 4 heterocycles. The first-order valence-electron chi connectivity index (χ1n) is 10.4. The summed E-state index contributed by atoms with van der Waals surface area (Å²) in [7, 11) is 0.572. The van der Waals surface area contributed by atoms with Crippen LogP contribution in [0.5, 0.6) is 0 Å². The Hall–Kier alpha value is -3.00. The van der Waals surface area contributed by atoms with Crippen molar-refractivity contribution in [2.45, 2.75) is 44.6 Å². The number of imidazole rings is 1. The quantitative estimate of drug-likeness (QED) is 0.500. The van der Waals surface area contributed by atoms with Crippen molar-refractivity contribution in [1.82, 2.24) is 24.1 Å². The molecule has 1 saturated heterocycles. The van der Waals surface area contributed by atoms with Crippen molar-refractivity contribution in [3.8, 4) is 0 Å². The van der Waals surface area contributed by atoms with Gasteiger partial charge in [-0.25, -0.2) is 9.78 Å². The molecule has 0 bridgehead atoms. The minimum Gasteiger partial charge on any atom is -0.324 e. The standard InChI is InChI=1S/C22H26N6OSi/c1-14-10-18-15(6-5-8-23-18)11-17(14)25-21-24-12-19-20(26-21)28(22(29)27(19)2)16-7-9-30(3,4)13-16/h5-6,8,10-12,16H,7,9,13H2,1-4H3,(H,24,25,26). The van der Waals surface area contributed by atoms with E-state index >= 15 is 0 Å². The highest BCUT2D eigenvalue weighted by Gasteiger charge is 2.35.